The average molecular weight is 253 g/mol. The first-order chi connectivity index (χ1) is 6.92. The molecular formula is C8H10N2NaO4S. The van der Waals surface area contributed by atoms with Crippen LogP contribution in [0.2, 0.25) is 0 Å². The number of aliphatic carboxylic acids is 1. The van der Waals surface area contributed by atoms with E-state index in [1.165, 1.54) is 24.3 Å². The largest absolute Gasteiger partial charge is 0.480 e. The maximum Gasteiger partial charge on any atom is 0.318 e. The summed E-state index contributed by atoms with van der Waals surface area (Å²) >= 11 is 0. The molecule has 0 unspecified atom stereocenters. The quantitative estimate of drug-likeness (QED) is 0.483. The fraction of sp³-hybridized carbons (Fsp3) is 0.125. The minimum absolute atomic E-state index is 0. The summed E-state index contributed by atoms with van der Waals surface area (Å²) in [6.07, 6.45) is 0. The summed E-state index contributed by atoms with van der Waals surface area (Å²) in [6, 6.07) is 5.46. The normalized spacial score (nSPS) is 10.5. The summed E-state index contributed by atoms with van der Waals surface area (Å²) in [5.74, 6) is -1.24. The van der Waals surface area contributed by atoms with Crippen LogP contribution in [-0.4, -0.2) is 55.6 Å². The number of rotatable bonds is 4. The molecule has 0 aliphatic carbocycles. The molecule has 83 valence electrons. The van der Waals surface area contributed by atoms with Gasteiger partial charge in [0.15, 0.2) is 0 Å². The van der Waals surface area contributed by atoms with Gasteiger partial charge in [-0.05, 0) is 24.3 Å². The van der Waals surface area contributed by atoms with Gasteiger partial charge in [0, 0.05) is 35.2 Å². The van der Waals surface area contributed by atoms with Crippen molar-refractivity contribution in [1.82, 2.24) is 4.72 Å². The van der Waals surface area contributed by atoms with E-state index < -0.39 is 22.5 Å². The molecule has 16 heavy (non-hydrogen) atoms. The molecule has 4 N–H and O–H groups in total. The first kappa shape index (κ1) is 15.4. The summed E-state index contributed by atoms with van der Waals surface area (Å²) in [7, 11) is -3.76. The molecule has 6 nitrogen and oxygen atoms in total. The Labute approximate surface area is 115 Å². The molecule has 0 fully saturated rings. The summed E-state index contributed by atoms with van der Waals surface area (Å²) in [4.78, 5) is 10.2. The Morgan fingerprint density at radius 1 is 1.31 bits per heavy atom. The Kier molecular flexibility index (Phi) is 5.98. The van der Waals surface area contributed by atoms with Gasteiger partial charge in [-0.25, -0.2) is 8.42 Å². The van der Waals surface area contributed by atoms with Crippen molar-refractivity contribution in [3.63, 3.8) is 0 Å². The molecular weight excluding hydrogens is 243 g/mol. The fourth-order valence-corrected chi connectivity index (χ4v) is 1.86. The smallest absolute Gasteiger partial charge is 0.318 e. The van der Waals surface area contributed by atoms with Gasteiger partial charge in [-0.1, -0.05) is 0 Å². The van der Waals surface area contributed by atoms with Gasteiger partial charge in [-0.15, -0.1) is 0 Å². The van der Waals surface area contributed by atoms with Gasteiger partial charge in [0.1, 0.15) is 6.54 Å². The number of nitrogens with two attached hydrogens (primary N) is 1. The Balaban J connectivity index is 0.00000225. The second-order valence-electron chi connectivity index (χ2n) is 2.79. The van der Waals surface area contributed by atoms with Crippen LogP contribution in [0.15, 0.2) is 29.2 Å². The molecule has 0 saturated carbocycles. The number of carboxylic acids is 1. The molecule has 1 rings (SSSR count). The predicted molar refractivity (Wildman–Crippen MR) is 59.4 cm³/mol. The molecule has 0 aromatic heterocycles. The van der Waals surface area contributed by atoms with E-state index in [2.05, 4.69) is 0 Å². The number of carbonyl (C=O) groups is 1. The summed E-state index contributed by atoms with van der Waals surface area (Å²) in [6.45, 7) is -0.646. The van der Waals surface area contributed by atoms with Crippen molar-refractivity contribution in [2.24, 2.45) is 0 Å². The van der Waals surface area contributed by atoms with Gasteiger partial charge in [-0.2, -0.15) is 4.72 Å². The number of carboxylic acid groups (broad SMARTS) is 1. The third-order valence-corrected chi connectivity index (χ3v) is 3.02. The molecule has 0 amide bonds. The van der Waals surface area contributed by atoms with Crippen molar-refractivity contribution in [2.75, 3.05) is 12.3 Å². The Morgan fingerprint density at radius 2 is 1.81 bits per heavy atom. The van der Waals surface area contributed by atoms with Crippen molar-refractivity contribution in [3.05, 3.63) is 24.3 Å². The number of nitrogen functional groups attached to an aromatic ring is 1. The SMILES string of the molecule is Nc1ccc(S(=O)(=O)NCC(=O)O)cc1.[Na]. The minimum Gasteiger partial charge on any atom is -0.480 e. The fourth-order valence-electron chi connectivity index (χ4n) is 0.887. The van der Waals surface area contributed by atoms with Crippen molar-refractivity contribution < 1.29 is 18.3 Å². The summed E-state index contributed by atoms with van der Waals surface area (Å²) in [5, 5.41) is 8.32. The van der Waals surface area contributed by atoms with Crippen LogP contribution in [0.25, 0.3) is 0 Å². The van der Waals surface area contributed by atoms with Crippen molar-refractivity contribution in [1.29, 1.82) is 0 Å². The van der Waals surface area contributed by atoms with Gasteiger partial charge >= 0.3 is 5.97 Å². The van der Waals surface area contributed by atoms with Crippen LogP contribution >= 0.6 is 0 Å². The molecule has 0 bridgehead atoms. The molecule has 0 atom stereocenters. The predicted octanol–water partition coefficient (Wildman–Crippen LogP) is -0.749. The summed E-state index contributed by atoms with van der Waals surface area (Å²) in [5.41, 5.74) is 5.82. The van der Waals surface area contributed by atoms with Crippen LogP contribution in [0, 0.1) is 0 Å². The summed E-state index contributed by atoms with van der Waals surface area (Å²) < 4.78 is 24.8. The third kappa shape index (κ3) is 4.50. The van der Waals surface area contributed by atoms with Crippen LogP contribution in [0.3, 0.4) is 0 Å². The van der Waals surface area contributed by atoms with E-state index in [4.69, 9.17) is 10.8 Å². The zero-order valence-electron chi connectivity index (χ0n) is 8.67. The Morgan fingerprint density at radius 3 is 2.25 bits per heavy atom. The first-order valence-corrected chi connectivity index (χ1v) is 5.47. The van der Waals surface area contributed by atoms with E-state index in [-0.39, 0.29) is 34.5 Å². The molecule has 0 heterocycles. The maximum atomic E-state index is 11.4. The second kappa shape index (κ2) is 6.21. The van der Waals surface area contributed by atoms with Crippen molar-refractivity contribution in [2.45, 2.75) is 4.90 Å². The van der Waals surface area contributed by atoms with E-state index >= 15 is 0 Å². The maximum absolute atomic E-state index is 11.4. The Hall–Kier alpha value is -0.600. The van der Waals surface area contributed by atoms with Gasteiger partial charge in [0.25, 0.3) is 0 Å². The molecule has 1 aromatic rings. The number of anilines is 1. The van der Waals surface area contributed by atoms with Gasteiger partial charge in [0.05, 0.1) is 4.90 Å². The topological polar surface area (TPSA) is 109 Å². The van der Waals surface area contributed by atoms with E-state index in [1.807, 2.05) is 4.72 Å². The molecule has 8 heteroatoms. The minimum atomic E-state index is -3.76. The van der Waals surface area contributed by atoms with Crippen LogP contribution in [0.1, 0.15) is 0 Å². The zero-order valence-corrected chi connectivity index (χ0v) is 11.5. The number of nitrogens with one attached hydrogen (secondary N) is 1. The molecule has 0 spiro atoms. The van der Waals surface area contributed by atoms with Crippen LogP contribution in [0.5, 0.6) is 0 Å². The van der Waals surface area contributed by atoms with E-state index in [9.17, 15) is 13.2 Å². The zero-order chi connectivity index (χ0) is 11.5. The van der Waals surface area contributed by atoms with Gasteiger partial charge in [-0.3, -0.25) is 4.79 Å². The number of hydrogen-bond donors (Lipinski definition) is 3. The van der Waals surface area contributed by atoms with Crippen LogP contribution in [0.4, 0.5) is 5.69 Å². The number of hydrogen-bond acceptors (Lipinski definition) is 4. The van der Waals surface area contributed by atoms with Gasteiger partial charge in [0.2, 0.25) is 10.0 Å². The average Bonchev–Trinajstić information content (AvgIpc) is 2.16. The number of benzene rings is 1. The van der Waals surface area contributed by atoms with Crippen molar-refractivity contribution >= 4 is 51.2 Å². The van der Waals surface area contributed by atoms with E-state index in [1.54, 1.807) is 0 Å². The molecule has 1 radical (unpaired) electrons. The third-order valence-electron chi connectivity index (χ3n) is 1.60. The van der Waals surface area contributed by atoms with Crippen LogP contribution < -0.4 is 10.5 Å². The molecule has 0 aliphatic heterocycles. The number of sulfonamides is 1. The molecule has 0 saturated heterocycles. The van der Waals surface area contributed by atoms with E-state index in [0.29, 0.717) is 5.69 Å². The van der Waals surface area contributed by atoms with Crippen molar-refractivity contribution in [3.8, 4) is 0 Å². The van der Waals surface area contributed by atoms with Crippen LogP contribution in [-0.2, 0) is 14.8 Å². The van der Waals surface area contributed by atoms with Gasteiger partial charge < -0.3 is 10.8 Å². The van der Waals surface area contributed by atoms with E-state index in [0.717, 1.165) is 0 Å². The standard InChI is InChI=1S/C8H10N2O4S.Na/c9-6-1-3-7(4-2-6)15(13,14)10-5-8(11)12;/h1-4,10H,5,9H2,(H,11,12);. The second-order valence-corrected chi connectivity index (χ2v) is 4.55. The first-order valence-electron chi connectivity index (χ1n) is 3.99. The monoisotopic (exact) mass is 253 g/mol. The Bertz CT molecular complexity index is 457. The molecule has 1 aromatic carbocycles. The molecule has 0 aliphatic rings.